The first-order valence-electron chi connectivity index (χ1n) is 19.0. The number of unbranched alkanes of at least 4 members (excludes halogenated alkanes) is 26. The fourth-order valence-electron chi connectivity index (χ4n) is 5.93. The Kier molecular flexibility index (Phi) is 32.1. The van der Waals surface area contributed by atoms with Gasteiger partial charge in [0.2, 0.25) is 5.91 Å². The summed E-state index contributed by atoms with van der Waals surface area (Å²) in [6.07, 6.45) is 35.1. The van der Waals surface area contributed by atoms with E-state index in [9.17, 15) is 14.5 Å². The van der Waals surface area contributed by atoms with Gasteiger partial charge in [-0.25, -0.2) is 4.57 Å². The molecule has 44 heavy (non-hydrogen) atoms. The van der Waals surface area contributed by atoms with Crippen molar-refractivity contribution in [2.24, 2.45) is 0 Å². The summed E-state index contributed by atoms with van der Waals surface area (Å²) < 4.78 is 15.9. The summed E-state index contributed by atoms with van der Waals surface area (Å²) in [5.41, 5.74) is 0. The Morgan fingerprint density at radius 3 is 1.23 bits per heavy atom. The van der Waals surface area contributed by atoms with Crippen LogP contribution in [0.1, 0.15) is 206 Å². The predicted molar refractivity (Wildman–Crippen MR) is 186 cm³/mol. The number of carbonyl (C=O) groups excluding carboxylic acids is 1. The first-order chi connectivity index (χ1) is 21.3. The monoisotopic (exact) mass is 648 g/mol. The Morgan fingerprint density at radius 1 is 0.568 bits per heavy atom. The lowest BCUT2D eigenvalue weighted by atomic mass is 10.0. The van der Waals surface area contributed by atoms with E-state index in [1.165, 1.54) is 141 Å². The maximum atomic E-state index is 12.5. The van der Waals surface area contributed by atoms with Gasteiger partial charge in [-0.2, -0.15) is 0 Å². The second-order valence-electron chi connectivity index (χ2n) is 13.3. The highest BCUT2D eigenvalue weighted by molar-refractivity contribution is 7.46. The zero-order valence-corrected chi connectivity index (χ0v) is 30.0. The third-order valence-corrected chi connectivity index (χ3v) is 9.33. The molecule has 2 atom stereocenters. The van der Waals surface area contributed by atoms with Gasteiger partial charge in [-0.05, 0) is 12.8 Å². The maximum Gasteiger partial charge on any atom is 0.469 e. The molecule has 0 radical (unpaired) electrons. The number of phosphoric ester groups is 1. The molecule has 4 N–H and O–H groups in total. The number of phosphoric acid groups is 1. The third-order valence-electron chi connectivity index (χ3n) is 8.84. The Morgan fingerprint density at radius 2 is 0.886 bits per heavy atom. The topological polar surface area (TPSA) is 116 Å². The van der Waals surface area contributed by atoms with Crippen LogP contribution in [-0.2, 0) is 13.9 Å². The van der Waals surface area contributed by atoms with Gasteiger partial charge in [0.1, 0.15) is 0 Å². The van der Waals surface area contributed by atoms with Crippen LogP contribution in [0.4, 0.5) is 0 Å². The van der Waals surface area contributed by atoms with Gasteiger partial charge in [0.25, 0.3) is 0 Å². The van der Waals surface area contributed by atoms with Crippen molar-refractivity contribution >= 4 is 13.7 Å². The van der Waals surface area contributed by atoms with Crippen LogP contribution in [0.2, 0.25) is 0 Å². The molecular weight excluding hydrogens is 573 g/mol. The Bertz CT molecular complexity index is 659. The van der Waals surface area contributed by atoms with Crippen molar-refractivity contribution in [2.75, 3.05) is 6.61 Å². The second kappa shape index (κ2) is 32.5. The first kappa shape index (κ1) is 43.5. The summed E-state index contributed by atoms with van der Waals surface area (Å²) in [4.78, 5) is 30.8. The van der Waals surface area contributed by atoms with Gasteiger partial charge in [0, 0.05) is 6.42 Å². The number of aliphatic hydroxyl groups is 1. The summed E-state index contributed by atoms with van der Waals surface area (Å²) in [7, 11) is -4.68. The fraction of sp³-hybridized carbons (Fsp3) is 0.972. The Labute approximate surface area is 272 Å². The Balaban J connectivity index is 3.94. The molecule has 0 aliphatic heterocycles. The number of amides is 1. The van der Waals surface area contributed by atoms with Crippen LogP contribution in [0, 0.1) is 0 Å². The molecule has 0 saturated heterocycles. The molecule has 0 aliphatic carbocycles. The van der Waals surface area contributed by atoms with Gasteiger partial charge >= 0.3 is 7.82 Å². The average molecular weight is 648 g/mol. The van der Waals surface area contributed by atoms with Crippen molar-refractivity contribution in [1.29, 1.82) is 0 Å². The number of aliphatic hydroxyl groups excluding tert-OH is 1. The van der Waals surface area contributed by atoms with Gasteiger partial charge in [0.05, 0.1) is 18.8 Å². The van der Waals surface area contributed by atoms with Crippen molar-refractivity contribution in [2.45, 2.75) is 219 Å². The number of hydrogen-bond acceptors (Lipinski definition) is 4. The molecule has 0 saturated carbocycles. The van der Waals surface area contributed by atoms with E-state index < -0.39 is 26.6 Å². The van der Waals surface area contributed by atoms with Crippen LogP contribution >= 0.6 is 7.82 Å². The third kappa shape index (κ3) is 32.9. The SMILES string of the molecule is CCCCCCCCCCCCCCCCCC(=O)N[C@@H](COP(=O)(O)O)[C@H](O)CCCCCCCCCCCCCCC. The zero-order chi connectivity index (χ0) is 32.6. The van der Waals surface area contributed by atoms with Crippen LogP contribution in [0.25, 0.3) is 0 Å². The van der Waals surface area contributed by atoms with Crippen LogP contribution in [0.3, 0.4) is 0 Å². The van der Waals surface area contributed by atoms with E-state index >= 15 is 0 Å². The van der Waals surface area contributed by atoms with Gasteiger partial charge < -0.3 is 20.2 Å². The van der Waals surface area contributed by atoms with Gasteiger partial charge in [-0.3, -0.25) is 9.32 Å². The molecule has 264 valence electrons. The average Bonchev–Trinajstić information content (AvgIpc) is 2.99. The molecule has 0 rings (SSSR count). The number of rotatable bonds is 35. The molecule has 0 spiro atoms. The highest BCUT2D eigenvalue weighted by Gasteiger charge is 2.25. The summed E-state index contributed by atoms with van der Waals surface area (Å²) >= 11 is 0. The molecule has 0 aliphatic rings. The second-order valence-corrected chi connectivity index (χ2v) is 14.5. The summed E-state index contributed by atoms with van der Waals surface area (Å²) in [5.74, 6) is -0.191. The molecule has 0 unspecified atom stereocenters. The predicted octanol–water partition coefficient (Wildman–Crippen LogP) is 10.7. The molecular formula is C36H74NO6P. The Hall–Kier alpha value is -0.460. The lowest BCUT2D eigenvalue weighted by molar-refractivity contribution is -0.123. The quantitative estimate of drug-likeness (QED) is 0.0402. The first-order valence-corrected chi connectivity index (χ1v) is 20.5. The van der Waals surface area contributed by atoms with Crippen molar-refractivity contribution < 1.29 is 28.8 Å². The molecule has 0 aromatic rings. The minimum absolute atomic E-state index is 0.191. The molecule has 0 heterocycles. The highest BCUT2D eigenvalue weighted by atomic mass is 31.2. The van der Waals surface area contributed by atoms with E-state index in [0.29, 0.717) is 12.8 Å². The number of nitrogens with one attached hydrogen (secondary N) is 1. The van der Waals surface area contributed by atoms with Gasteiger partial charge in [-0.15, -0.1) is 0 Å². The van der Waals surface area contributed by atoms with E-state index in [1.807, 2.05) is 0 Å². The van der Waals surface area contributed by atoms with E-state index in [0.717, 1.165) is 38.5 Å². The summed E-state index contributed by atoms with van der Waals surface area (Å²) in [6.45, 7) is 4.12. The lowest BCUT2D eigenvalue weighted by Gasteiger charge is -2.24. The molecule has 0 aromatic carbocycles. The number of hydrogen-bond donors (Lipinski definition) is 4. The molecule has 0 fully saturated rings. The van der Waals surface area contributed by atoms with Crippen molar-refractivity contribution in [3.8, 4) is 0 Å². The van der Waals surface area contributed by atoms with Crippen LogP contribution in [-0.4, -0.2) is 39.6 Å². The van der Waals surface area contributed by atoms with Crippen molar-refractivity contribution in [3.05, 3.63) is 0 Å². The lowest BCUT2D eigenvalue weighted by Crippen LogP contribution is -2.46. The minimum Gasteiger partial charge on any atom is -0.391 e. The largest absolute Gasteiger partial charge is 0.469 e. The molecule has 7 nitrogen and oxygen atoms in total. The molecule has 8 heteroatoms. The van der Waals surface area contributed by atoms with E-state index in [4.69, 9.17) is 9.79 Å². The van der Waals surface area contributed by atoms with Crippen molar-refractivity contribution in [3.63, 3.8) is 0 Å². The maximum absolute atomic E-state index is 12.5. The molecule has 0 aromatic heterocycles. The standard InChI is InChI=1S/C36H74NO6P/c1-3-5-7-9-11-13-15-17-18-20-22-24-26-28-30-32-36(39)37-34(33-43-44(40,41)42)35(38)31-29-27-25-23-21-19-16-14-12-10-8-6-4-2/h34-35,38H,3-33H2,1-2H3,(H,37,39)(H2,40,41,42)/t34-,35+/m0/s1. The summed E-state index contributed by atoms with van der Waals surface area (Å²) in [5, 5.41) is 13.5. The zero-order valence-electron chi connectivity index (χ0n) is 29.1. The number of carbonyl (C=O) groups is 1. The highest BCUT2D eigenvalue weighted by Crippen LogP contribution is 2.36. The fourth-order valence-corrected chi connectivity index (χ4v) is 6.29. The summed E-state index contributed by atoms with van der Waals surface area (Å²) in [6, 6.07) is -0.816. The molecule has 1 amide bonds. The smallest absolute Gasteiger partial charge is 0.391 e. The van der Waals surface area contributed by atoms with Gasteiger partial charge in [0.15, 0.2) is 0 Å². The van der Waals surface area contributed by atoms with Crippen molar-refractivity contribution in [1.82, 2.24) is 5.32 Å². The van der Waals surface area contributed by atoms with Crippen LogP contribution in [0.5, 0.6) is 0 Å². The van der Waals surface area contributed by atoms with E-state index in [1.54, 1.807) is 0 Å². The minimum atomic E-state index is -4.68. The van der Waals surface area contributed by atoms with Crippen LogP contribution in [0.15, 0.2) is 0 Å². The molecule has 0 bridgehead atoms. The van der Waals surface area contributed by atoms with E-state index in [-0.39, 0.29) is 5.91 Å². The normalized spacial score (nSPS) is 13.3. The van der Waals surface area contributed by atoms with Gasteiger partial charge in [-0.1, -0.05) is 187 Å². The van der Waals surface area contributed by atoms with Crippen LogP contribution < -0.4 is 5.32 Å². The van der Waals surface area contributed by atoms with E-state index in [2.05, 4.69) is 23.7 Å².